The third-order valence-corrected chi connectivity index (χ3v) is 3.95. The molecule has 0 aromatic heterocycles. The van der Waals surface area contributed by atoms with Gasteiger partial charge in [0.25, 0.3) is 0 Å². The molecule has 1 atom stereocenters. The Labute approximate surface area is 114 Å². The number of carbonyl (C=O) groups excluding carboxylic acids is 1. The molecule has 1 saturated heterocycles. The number of halogens is 1. The Morgan fingerprint density at radius 1 is 1.28 bits per heavy atom. The Bertz CT molecular complexity index is 450. The van der Waals surface area contributed by atoms with Gasteiger partial charge in [0.05, 0.1) is 10.7 Å². The molecule has 1 aliphatic rings. The van der Waals surface area contributed by atoms with Crippen molar-refractivity contribution in [3.63, 3.8) is 0 Å². The van der Waals surface area contributed by atoms with Crippen molar-refractivity contribution >= 4 is 23.2 Å². The number of benzene rings is 1. The van der Waals surface area contributed by atoms with Crippen molar-refractivity contribution in [2.24, 2.45) is 11.3 Å². The summed E-state index contributed by atoms with van der Waals surface area (Å²) in [5.74, 6) is 0.296. The molecule has 98 valence electrons. The van der Waals surface area contributed by atoms with Crippen LogP contribution in [0.1, 0.15) is 33.6 Å². The lowest BCUT2D eigenvalue weighted by atomic mass is 9.75. The summed E-state index contributed by atoms with van der Waals surface area (Å²) >= 11 is 6.19. The number of amides is 1. The largest absolute Gasteiger partial charge is 0.311 e. The van der Waals surface area contributed by atoms with E-state index in [2.05, 4.69) is 20.8 Å². The molecule has 0 N–H and O–H groups in total. The highest BCUT2D eigenvalue weighted by Crippen LogP contribution is 2.37. The van der Waals surface area contributed by atoms with Crippen LogP contribution in [0.25, 0.3) is 0 Å². The van der Waals surface area contributed by atoms with E-state index in [-0.39, 0.29) is 17.2 Å². The Kier molecular flexibility index (Phi) is 3.67. The van der Waals surface area contributed by atoms with E-state index in [0.717, 1.165) is 25.1 Å². The summed E-state index contributed by atoms with van der Waals surface area (Å²) in [6.45, 7) is 7.16. The molecule has 2 nitrogen and oxygen atoms in total. The normalized spacial score (nSPS) is 21.2. The van der Waals surface area contributed by atoms with Gasteiger partial charge >= 0.3 is 0 Å². The molecule has 1 aromatic carbocycles. The van der Waals surface area contributed by atoms with E-state index in [1.54, 1.807) is 0 Å². The molecule has 0 saturated carbocycles. The number of rotatable bonds is 1. The van der Waals surface area contributed by atoms with Crippen molar-refractivity contribution in [2.45, 2.75) is 33.6 Å². The molecular weight excluding hydrogens is 246 g/mol. The van der Waals surface area contributed by atoms with E-state index < -0.39 is 0 Å². The predicted molar refractivity (Wildman–Crippen MR) is 76.0 cm³/mol. The zero-order valence-electron chi connectivity index (χ0n) is 11.2. The summed E-state index contributed by atoms with van der Waals surface area (Å²) in [7, 11) is 0. The lowest BCUT2D eigenvalue weighted by Gasteiger charge is -2.39. The minimum Gasteiger partial charge on any atom is -0.311 e. The van der Waals surface area contributed by atoms with Crippen LogP contribution < -0.4 is 4.90 Å². The molecule has 1 heterocycles. The zero-order chi connectivity index (χ0) is 13.3. The van der Waals surface area contributed by atoms with Crippen LogP contribution in [-0.2, 0) is 4.79 Å². The maximum Gasteiger partial charge on any atom is 0.230 e. The molecule has 18 heavy (non-hydrogen) atoms. The molecule has 2 rings (SSSR count). The Balaban J connectivity index is 2.30. The van der Waals surface area contributed by atoms with Gasteiger partial charge in [0.15, 0.2) is 0 Å². The molecule has 3 heteroatoms. The topological polar surface area (TPSA) is 20.3 Å². The number of hydrogen-bond donors (Lipinski definition) is 0. The summed E-state index contributed by atoms with van der Waals surface area (Å²) in [6, 6.07) is 7.58. The minimum absolute atomic E-state index is 0.0109. The van der Waals surface area contributed by atoms with Gasteiger partial charge in [-0.3, -0.25) is 4.79 Å². The van der Waals surface area contributed by atoms with Crippen molar-refractivity contribution < 1.29 is 4.79 Å². The van der Waals surface area contributed by atoms with Gasteiger partial charge < -0.3 is 4.90 Å². The summed E-state index contributed by atoms with van der Waals surface area (Å²) in [6.07, 6.45) is 2.02. The van der Waals surface area contributed by atoms with Crippen LogP contribution in [0.3, 0.4) is 0 Å². The summed E-state index contributed by atoms with van der Waals surface area (Å²) < 4.78 is 0. The van der Waals surface area contributed by atoms with Gasteiger partial charge in [-0.15, -0.1) is 0 Å². The van der Waals surface area contributed by atoms with Gasteiger partial charge in [0, 0.05) is 12.5 Å². The summed E-state index contributed by atoms with van der Waals surface area (Å²) in [4.78, 5) is 14.4. The first-order valence-electron chi connectivity index (χ1n) is 6.47. The second-order valence-corrected chi connectivity index (χ2v) is 6.41. The molecule has 1 amide bonds. The quantitative estimate of drug-likeness (QED) is 0.748. The Hall–Kier alpha value is -1.02. The number of piperidine rings is 1. The highest BCUT2D eigenvalue weighted by molar-refractivity contribution is 6.33. The van der Waals surface area contributed by atoms with E-state index in [1.807, 2.05) is 29.2 Å². The second kappa shape index (κ2) is 4.93. The fraction of sp³-hybridized carbons (Fsp3) is 0.533. The first-order valence-corrected chi connectivity index (χ1v) is 6.85. The van der Waals surface area contributed by atoms with Crippen molar-refractivity contribution in [2.75, 3.05) is 11.4 Å². The molecule has 0 radical (unpaired) electrons. The lowest BCUT2D eigenvalue weighted by Crippen LogP contribution is -2.46. The molecule has 0 aliphatic carbocycles. The first kappa shape index (κ1) is 13.4. The number of para-hydroxylation sites is 1. The SMILES string of the molecule is CC(C)(C)C1CCCN(c2ccccc2Cl)C1=O. The number of hydrogen-bond acceptors (Lipinski definition) is 1. The van der Waals surface area contributed by atoms with Gasteiger partial charge in [-0.25, -0.2) is 0 Å². The Morgan fingerprint density at radius 2 is 1.94 bits per heavy atom. The van der Waals surface area contributed by atoms with E-state index in [0.29, 0.717) is 5.02 Å². The molecule has 1 fully saturated rings. The second-order valence-electron chi connectivity index (χ2n) is 6.00. The molecular formula is C15H20ClNO. The maximum absolute atomic E-state index is 12.6. The fourth-order valence-electron chi connectivity index (χ4n) is 2.59. The monoisotopic (exact) mass is 265 g/mol. The molecule has 0 bridgehead atoms. The average Bonchev–Trinajstić information content (AvgIpc) is 2.29. The first-order chi connectivity index (χ1) is 8.41. The Morgan fingerprint density at radius 3 is 2.56 bits per heavy atom. The zero-order valence-corrected chi connectivity index (χ0v) is 12.0. The minimum atomic E-state index is 0.0109. The fourth-order valence-corrected chi connectivity index (χ4v) is 2.83. The smallest absolute Gasteiger partial charge is 0.230 e. The molecule has 0 spiro atoms. The van der Waals surface area contributed by atoms with Crippen LogP contribution in [0.15, 0.2) is 24.3 Å². The molecule has 1 aliphatic heterocycles. The van der Waals surface area contributed by atoms with E-state index in [4.69, 9.17) is 11.6 Å². The van der Waals surface area contributed by atoms with Crippen LogP contribution in [0.4, 0.5) is 5.69 Å². The number of nitrogens with zero attached hydrogens (tertiary/aromatic N) is 1. The highest BCUT2D eigenvalue weighted by Gasteiger charge is 2.37. The van der Waals surface area contributed by atoms with Crippen LogP contribution in [0, 0.1) is 11.3 Å². The maximum atomic E-state index is 12.6. The van der Waals surface area contributed by atoms with Crippen LogP contribution in [0.5, 0.6) is 0 Å². The third kappa shape index (κ3) is 2.54. The number of anilines is 1. The van der Waals surface area contributed by atoms with E-state index >= 15 is 0 Å². The lowest BCUT2D eigenvalue weighted by molar-refractivity contribution is -0.127. The van der Waals surface area contributed by atoms with Crippen LogP contribution >= 0.6 is 11.6 Å². The molecule has 1 aromatic rings. The van der Waals surface area contributed by atoms with Crippen LogP contribution in [0.2, 0.25) is 5.02 Å². The van der Waals surface area contributed by atoms with Crippen molar-refractivity contribution in [1.29, 1.82) is 0 Å². The standard InChI is InChI=1S/C15H20ClNO/c1-15(2,3)11-7-6-10-17(14(11)18)13-9-5-4-8-12(13)16/h4-5,8-9,11H,6-7,10H2,1-3H3. The summed E-state index contributed by atoms with van der Waals surface area (Å²) in [5.41, 5.74) is 0.856. The van der Waals surface area contributed by atoms with Gasteiger partial charge in [0.1, 0.15) is 0 Å². The highest BCUT2D eigenvalue weighted by atomic mass is 35.5. The van der Waals surface area contributed by atoms with Gasteiger partial charge in [-0.2, -0.15) is 0 Å². The van der Waals surface area contributed by atoms with Crippen LogP contribution in [-0.4, -0.2) is 12.5 Å². The molecule has 1 unspecified atom stereocenters. The van der Waals surface area contributed by atoms with E-state index in [1.165, 1.54) is 0 Å². The van der Waals surface area contributed by atoms with Gasteiger partial charge in [-0.1, -0.05) is 44.5 Å². The average molecular weight is 266 g/mol. The van der Waals surface area contributed by atoms with E-state index in [9.17, 15) is 4.79 Å². The summed E-state index contributed by atoms with van der Waals surface area (Å²) in [5, 5.41) is 0.653. The van der Waals surface area contributed by atoms with Crippen molar-refractivity contribution in [1.82, 2.24) is 0 Å². The predicted octanol–water partition coefficient (Wildman–Crippen LogP) is 4.13. The van der Waals surface area contributed by atoms with Gasteiger partial charge in [0.2, 0.25) is 5.91 Å². The van der Waals surface area contributed by atoms with Gasteiger partial charge in [-0.05, 0) is 30.4 Å². The van der Waals surface area contributed by atoms with Crippen molar-refractivity contribution in [3.8, 4) is 0 Å². The number of carbonyl (C=O) groups is 1. The van der Waals surface area contributed by atoms with Crippen molar-refractivity contribution in [3.05, 3.63) is 29.3 Å². The third-order valence-electron chi connectivity index (χ3n) is 3.63.